The summed E-state index contributed by atoms with van der Waals surface area (Å²) >= 11 is 13.6. The van der Waals surface area contributed by atoms with Gasteiger partial charge in [0.05, 0.1) is 11.8 Å². The molecule has 162 valence electrons. The van der Waals surface area contributed by atoms with Crippen LogP contribution >= 0.6 is 35.0 Å². The number of amides is 2. The van der Waals surface area contributed by atoms with E-state index in [1.807, 2.05) is 37.3 Å². The van der Waals surface area contributed by atoms with E-state index in [2.05, 4.69) is 5.32 Å². The van der Waals surface area contributed by atoms with Crippen LogP contribution in [0, 0.1) is 0 Å². The molecule has 0 aliphatic rings. The Hall–Kier alpha value is -1.89. The number of carbonyl (C=O) groups is 2. The van der Waals surface area contributed by atoms with E-state index >= 15 is 0 Å². The van der Waals surface area contributed by atoms with Gasteiger partial charge in [-0.2, -0.15) is 0 Å². The number of halogens is 2. The molecule has 2 aromatic rings. The number of thioether (sulfide) groups is 1. The molecule has 1 N–H and O–H groups in total. The minimum Gasteiger partial charge on any atom is -0.483 e. The maximum absolute atomic E-state index is 12.5. The number of carbonyl (C=O) groups excluding carboxylic acids is 2. The fourth-order valence-corrected chi connectivity index (χ4v) is 4.09. The summed E-state index contributed by atoms with van der Waals surface area (Å²) in [6.45, 7) is 1.94. The molecule has 0 spiro atoms. The topological polar surface area (TPSA) is 58.6 Å². The number of hydrogen-bond donors (Lipinski definition) is 1. The van der Waals surface area contributed by atoms with Crippen molar-refractivity contribution in [2.24, 2.45) is 0 Å². The Morgan fingerprint density at radius 3 is 2.57 bits per heavy atom. The van der Waals surface area contributed by atoms with Gasteiger partial charge in [0.1, 0.15) is 5.75 Å². The zero-order chi connectivity index (χ0) is 22.1. The highest BCUT2D eigenvalue weighted by Gasteiger charge is 2.18. The Kier molecular flexibility index (Phi) is 9.82. The van der Waals surface area contributed by atoms with Gasteiger partial charge in [-0.15, -0.1) is 11.8 Å². The van der Waals surface area contributed by atoms with Crippen LogP contribution in [0.5, 0.6) is 5.75 Å². The van der Waals surface area contributed by atoms with Gasteiger partial charge < -0.3 is 15.0 Å². The van der Waals surface area contributed by atoms with Crippen molar-refractivity contribution in [3.63, 3.8) is 0 Å². The molecule has 0 saturated carbocycles. The van der Waals surface area contributed by atoms with Crippen molar-refractivity contribution in [2.45, 2.75) is 25.1 Å². The first-order chi connectivity index (χ1) is 14.3. The molecule has 8 heteroatoms. The minimum absolute atomic E-state index is 0.0495. The van der Waals surface area contributed by atoms with Crippen LogP contribution in [0.25, 0.3) is 0 Å². The second-order valence-corrected chi connectivity index (χ2v) is 8.70. The largest absolute Gasteiger partial charge is 0.483 e. The molecule has 0 aromatic heterocycles. The summed E-state index contributed by atoms with van der Waals surface area (Å²) in [6, 6.07) is 12.6. The fourth-order valence-electron chi connectivity index (χ4n) is 2.70. The third-order valence-electron chi connectivity index (χ3n) is 4.39. The Bertz CT molecular complexity index is 877. The second-order valence-electron chi connectivity index (χ2n) is 6.87. The molecular formula is C22H26Cl2N2O3S. The average Bonchev–Trinajstić information content (AvgIpc) is 2.72. The van der Waals surface area contributed by atoms with Crippen molar-refractivity contribution >= 4 is 46.8 Å². The van der Waals surface area contributed by atoms with Gasteiger partial charge in [-0.3, -0.25) is 9.59 Å². The van der Waals surface area contributed by atoms with Gasteiger partial charge in [0.25, 0.3) is 5.91 Å². The normalized spacial score (nSPS) is 11.6. The molecule has 2 amide bonds. The van der Waals surface area contributed by atoms with E-state index in [0.717, 1.165) is 11.1 Å². The lowest BCUT2D eigenvalue weighted by Crippen LogP contribution is -2.31. The number of benzene rings is 2. The zero-order valence-corrected chi connectivity index (χ0v) is 19.6. The predicted molar refractivity (Wildman–Crippen MR) is 124 cm³/mol. The van der Waals surface area contributed by atoms with Crippen molar-refractivity contribution in [3.8, 4) is 5.75 Å². The quantitative estimate of drug-likeness (QED) is 0.535. The predicted octanol–water partition coefficient (Wildman–Crippen LogP) is 4.96. The summed E-state index contributed by atoms with van der Waals surface area (Å²) in [7, 11) is 3.36. The van der Waals surface area contributed by atoms with Crippen molar-refractivity contribution in [1.29, 1.82) is 0 Å². The molecule has 0 saturated heterocycles. The summed E-state index contributed by atoms with van der Waals surface area (Å²) < 4.78 is 5.71. The van der Waals surface area contributed by atoms with E-state index in [0.29, 0.717) is 33.7 Å². The van der Waals surface area contributed by atoms with Gasteiger partial charge in [0.2, 0.25) is 5.91 Å². The fraction of sp³-hybridized carbons (Fsp3) is 0.364. The van der Waals surface area contributed by atoms with Crippen LogP contribution in [0.2, 0.25) is 10.0 Å². The maximum Gasteiger partial charge on any atom is 0.259 e. The lowest BCUT2D eigenvalue weighted by Gasteiger charge is -2.21. The van der Waals surface area contributed by atoms with Gasteiger partial charge in [0.15, 0.2) is 6.61 Å². The minimum atomic E-state index is -0.206. The third kappa shape index (κ3) is 7.42. The summed E-state index contributed by atoms with van der Waals surface area (Å²) in [4.78, 5) is 25.8. The van der Waals surface area contributed by atoms with Gasteiger partial charge in [-0.1, -0.05) is 54.4 Å². The molecule has 0 fully saturated rings. The SMILES string of the molecule is CCC(NC(=O)CSCc1ccc(Cl)cc1Cl)c1ccccc1OCC(=O)N(C)C. The molecule has 0 aliphatic carbocycles. The summed E-state index contributed by atoms with van der Waals surface area (Å²) in [5, 5.41) is 4.24. The molecule has 2 rings (SSSR count). The average molecular weight is 469 g/mol. The first kappa shape index (κ1) is 24.4. The lowest BCUT2D eigenvalue weighted by atomic mass is 10.0. The van der Waals surface area contributed by atoms with Crippen LogP contribution in [0.1, 0.15) is 30.5 Å². The number of rotatable bonds is 10. The number of likely N-dealkylation sites (N-methyl/N-ethyl adjacent to an activating group) is 1. The standard InChI is InChI=1S/C22H26Cl2N2O3S/c1-4-19(17-7-5-6-8-20(17)29-12-22(28)26(2)3)25-21(27)14-30-13-15-9-10-16(23)11-18(15)24/h5-11,19H,4,12-14H2,1-3H3,(H,25,27). The highest BCUT2D eigenvalue weighted by atomic mass is 35.5. The second kappa shape index (κ2) is 12.1. The Morgan fingerprint density at radius 2 is 1.90 bits per heavy atom. The lowest BCUT2D eigenvalue weighted by molar-refractivity contribution is -0.130. The molecule has 1 unspecified atom stereocenters. The molecule has 0 aliphatic heterocycles. The summed E-state index contributed by atoms with van der Waals surface area (Å²) in [5.41, 5.74) is 1.79. The number of para-hydroxylation sites is 1. The molecular weight excluding hydrogens is 443 g/mol. The van der Waals surface area contributed by atoms with E-state index in [-0.39, 0.29) is 24.5 Å². The Balaban J connectivity index is 1.94. The van der Waals surface area contributed by atoms with E-state index in [1.165, 1.54) is 16.7 Å². The number of ether oxygens (including phenoxy) is 1. The molecule has 5 nitrogen and oxygen atoms in total. The van der Waals surface area contributed by atoms with Gasteiger partial charge in [0, 0.05) is 35.5 Å². The van der Waals surface area contributed by atoms with Gasteiger partial charge in [-0.05, 0) is 30.2 Å². The van der Waals surface area contributed by atoms with E-state index in [1.54, 1.807) is 26.2 Å². The molecule has 30 heavy (non-hydrogen) atoms. The monoisotopic (exact) mass is 468 g/mol. The molecule has 0 radical (unpaired) electrons. The van der Waals surface area contributed by atoms with Crippen molar-refractivity contribution in [3.05, 3.63) is 63.6 Å². The zero-order valence-electron chi connectivity index (χ0n) is 17.3. The molecule has 0 bridgehead atoms. The van der Waals surface area contributed by atoms with E-state index in [9.17, 15) is 9.59 Å². The Morgan fingerprint density at radius 1 is 1.17 bits per heavy atom. The number of nitrogens with one attached hydrogen (secondary N) is 1. The van der Waals surface area contributed by atoms with E-state index in [4.69, 9.17) is 27.9 Å². The van der Waals surface area contributed by atoms with Crippen LogP contribution in [-0.4, -0.2) is 43.2 Å². The van der Waals surface area contributed by atoms with Crippen LogP contribution < -0.4 is 10.1 Å². The van der Waals surface area contributed by atoms with Crippen LogP contribution in [0.4, 0.5) is 0 Å². The van der Waals surface area contributed by atoms with E-state index < -0.39 is 0 Å². The number of nitrogens with zero attached hydrogens (tertiary/aromatic N) is 1. The highest BCUT2D eigenvalue weighted by Crippen LogP contribution is 2.28. The maximum atomic E-state index is 12.5. The van der Waals surface area contributed by atoms with Crippen molar-refractivity contribution in [2.75, 3.05) is 26.5 Å². The van der Waals surface area contributed by atoms with Gasteiger partial charge in [-0.25, -0.2) is 0 Å². The van der Waals surface area contributed by atoms with Gasteiger partial charge >= 0.3 is 0 Å². The first-order valence-electron chi connectivity index (χ1n) is 9.54. The van der Waals surface area contributed by atoms with Crippen LogP contribution in [-0.2, 0) is 15.3 Å². The third-order valence-corrected chi connectivity index (χ3v) is 5.96. The molecule has 1 atom stereocenters. The van der Waals surface area contributed by atoms with Crippen LogP contribution in [0.3, 0.4) is 0 Å². The van der Waals surface area contributed by atoms with Crippen molar-refractivity contribution < 1.29 is 14.3 Å². The van der Waals surface area contributed by atoms with Crippen LogP contribution in [0.15, 0.2) is 42.5 Å². The first-order valence-corrected chi connectivity index (χ1v) is 11.5. The highest BCUT2D eigenvalue weighted by molar-refractivity contribution is 7.99. The number of hydrogen-bond acceptors (Lipinski definition) is 4. The molecule has 2 aromatic carbocycles. The smallest absolute Gasteiger partial charge is 0.259 e. The Labute approximate surface area is 192 Å². The molecule has 0 heterocycles. The van der Waals surface area contributed by atoms with Crippen molar-refractivity contribution in [1.82, 2.24) is 10.2 Å². The summed E-state index contributed by atoms with van der Waals surface area (Å²) in [5.74, 6) is 1.32. The summed E-state index contributed by atoms with van der Waals surface area (Å²) in [6.07, 6.45) is 0.696.